The third-order valence-corrected chi connectivity index (χ3v) is 8.67. The molecule has 0 saturated carbocycles. The number of H-pyrrole nitrogens is 1. The normalized spacial score (nSPS) is 21.1. The third-order valence-electron chi connectivity index (χ3n) is 5.80. The first-order chi connectivity index (χ1) is 16.7. The van der Waals surface area contributed by atoms with Gasteiger partial charge in [0.05, 0.1) is 10.9 Å². The molecule has 0 radical (unpaired) electrons. The van der Waals surface area contributed by atoms with E-state index < -0.39 is 41.4 Å². The molecule has 2 aliphatic heterocycles. The Labute approximate surface area is 216 Å². The van der Waals surface area contributed by atoms with E-state index in [0.717, 1.165) is 33.6 Å². The minimum atomic E-state index is -1.29. The molecule has 12 heteroatoms. The predicted molar refractivity (Wildman–Crippen MR) is 132 cm³/mol. The average molecular weight is 551 g/mol. The van der Waals surface area contributed by atoms with E-state index in [1.807, 2.05) is 6.07 Å². The van der Waals surface area contributed by atoms with E-state index in [2.05, 4.69) is 4.98 Å². The van der Waals surface area contributed by atoms with Crippen molar-refractivity contribution in [2.24, 2.45) is 5.92 Å². The highest BCUT2D eigenvalue weighted by atomic mass is 35.5. The Morgan fingerprint density at radius 2 is 1.86 bits per heavy atom. The number of carbonyl (C=O) groups excluding carboxylic acids is 2. The fraction of sp³-hybridized carbons (Fsp3) is 0.217. The molecule has 3 heterocycles. The van der Waals surface area contributed by atoms with Gasteiger partial charge in [0.2, 0.25) is 11.8 Å². The number of aromatic amines is 1. The fourth-order valence-electron chi connectivity index (χ4n) is 4.38. The number of aliphatic carboxylic acids is 1. The van der Waals surface area contributed by atoms with Crippen molar-refractivity contribution in [1.29, 1.82) is 0 Å². The summed E-state index contributed by atoms with van der Waals surface area (Å²) in [6, 6.07) is 12.1. The molecule has 1 aromatic heterocycles. The van der Waals surface area contributed by atoms with Crippen LogP contribution in [0.4, 0.5) is 0 Å². The molecule has 2 aliphatic rings. The second-order valence-corrected chi connectivity index (χ2v) is 11.0. The van der Waals surface area contributed by atoms with Gasteiger partial charge in [-0.25, -0.2) is 0 Å². The highest BCUT2D eigenvalue weighted by Gasteiger charge is 2.56. The molecule has 180 valence electrons. The number of amides is 2. The van der Waals surface area contributed by atoms with Crippen molar-refractivity contribution in [3.8, 4) is 5.75 Å². The zero-order chi connectivity index (χ0) is 24.9. The molecule has 0 spiro atoms. The van der Waals surface area contributed by atoms with Crippen LogP contribution >= 0.6 is 46.3 Å². The quantitative estimate of drug-likeness (QED) is 0.445. The Bertz CT molecular complexity index is 1420. The number of benzene rings is 2. The molecule has 8 nitrogen and oxygen atoms in total. The first-order valence-electron chi connectivity index (χ1n) is 10.4. The summed E-state index contributed by atoms with van der Waals surface area (Å²) in [7, 11) is 0. The van der Waals surface area contributed by atoms with E-state index in [1.165, 1.54) is 0 Å². The van der Waals surface area contributed by atoms with Gasteiger partial charge in [0, 0.05) is 26.4 Å². The number of aromatic nitrogens is 1. The number of hydrogen-bond acceptors (Lipinski definition) is 7. The van der Waals surface area contributed by atoms with E-state index in [1.54, 1.807) is 36.4 Å². The van der Waals surface area contributed by atoms with E-state index in [-0.39, 0.29) is 11.5 Å². The van der Waals surface area contributed by atoms with E-state index in [4.69, 9.17) is 27.9 Å². The van der Waals surface area contributed by atoms with Crippen LogP contribution in [0.15, 0.2) is 52.3 Å². The number of carbonyl (C=O) groups is 3. The Morgan fingerprint density at radius 3 is 2.60 bits per heavy atom. The lowest BCUT2D eigenvalue weighted by atomic mass is 9.82. The van der Waals surface area contributed by atoms with Crippen molar-refractivity contribution in [3.63, 3.8) is 0 Å². The zero-order valence-corrected chi connectivity index (χ0v) is 20.8. The number of fused-ring (bicyclic) bond motifs is 2. The van der Waals surface area contributed by atoms with Crippen LogP contribution in [-0.2, 0) is 21.0 Å². The van der Waals surface area contributed by atoms with Crippen LogP contribution in [0.3, 0.4) is 0 Å². The molecular formula is C23H16Cl2N2O6S2. The minimum absolute atomic E-state index is 0.180. The molecule has 3 atom stereocenters. The Morgan fingerprint density at radius 1 is 1.09 bits per heavy atom. The largest absolute Gasteiger partial charge is 0.489 e. The summed E-state index contributed by atoms with van der Waals surface area (Å²) in [6.45, 7) is -0.547. The van der Waals surface area contributed by atoms with Gasteiger partial charge in [-0.3, -0.25) is 24.1 Å². The molecule has 0 aliphatic carbocycles. The van der Waals surface area contributed by atoms with E-state index >= 15 is 0 Å². The second-order valence-electron chi connectivity index (χ2n) is 8.01. The first-order valence-corrected chi connectivity index (χ1v) is 12.8. The lowest BCUT2D eigenvalue weighted by Gasteiger charge is -2.31. The summed E-state index contributed by atoms with van der Waals surface area (Å²) in [5.41, 5.74) is 1.35. The van der Waals surface area contributed by atoms with Crippen molar-refractivity contribution in [3.05, 3.63) is 78.2 Å². The van der Waals surface area contributed by atoms with Gasteiger partial charge in [-0.2, -0.15) is 0 Å². The maximum absolute atomic E-state index is 13.4. The molecule has 35 heavy (non-hydrogen) atoms. The fourth-order valence-corrected chi connectivity index (χ4v) is 7.30. The maximum atomic E-state index is 13.4. The summed E-state index contributed by atoms with van der Waals surface area (Å²) >= 11 is 14.4. The van der Waals surface area contributed by atoms with Crippen LogP contribution in [0.5, 0.6) is 5.75 Å². The van der Waals surface area contributed by atoms with Gasteiger partial charge in [0.1, 0.15) is 24.2 Å². The van der Waals surface area contributed by atoms with Gasteiger partial charge in [-0.1, -0.05) is 58.4 Å². The Hall–Kier alpha value is -2.79. The average Bonchev–Trinajstić information content (AvgIpc) is 3.28. The van der Waals surface area contributed by atoms with Gasteiger partial charge in [0.15, 0.2) is 0 Å². The number of likely N-dealkylation sites (tertiary alicyclic amines) is 1. The van der Waals surface area contributed by atoms with E-state index in [9.17, 15) is 24.3 Å². The number of thiazole rings is 1. The van der Waals surface area contributed by atoms with Crippen molar-refractivity contribution < 1.29 is 24.2 Å². The number of hydrogen-bond donors (Lipinski definition) is 2. The Balaban J connectivity index is 1.59. The highest BCUT2D eigenvalue weighted by Crippen LogP contribution is 2.54. The predicted octanol–water partition coefficient (Wildman–Crippen LogP) is 4.00. The summed E-state index contributed by atoms with van der Waals surface area (Å²) in [6.07, 6.45) is 0. The van der Waals surface area contributed by atoms with Crippen LogP contribution in [0.2, 0.25) is 10.0 Å². The molecule has 1 fully saturated rings. The Kier molecular flexibility index (Phi) is 6.39. The van der Waals surface area contributed by atoms with Crippen molar-refractivity contribution in [1.82, 2.24) is 9.88 Å². The van der Waals surface area contributed by atoms with Crippen LogP contribution in [0.25, 0.3) is 0 Å². The van der Waals surface area contributed by atoms with Crippen LogP contribution in [-0.4, -0.2) is 44.6 Å². The first kappa shape index (κ1) is 23.9. The molecule has 2 N–H and O–H groups in total. The lowest BCUT2D eigenvalue weighted by Crippen LogP contribution is -2.36. The van der Waals surface area contributed by atoms with Gasteiger partial charge in [0.25, 0.3) is 0 Å². The lowest BCUT2D eigenvalue weighted by molar-refractivity contribution is -0.149. The summed E-state index contributed by atoms with van der Waals surface area (Å²) < 4.78 is 6.10. The van der Waals surface area contributed by atoms with Gasteiger partial charge < -0.3 is 14.8 Å². The standard InChI is InChI=1S/C23H16Cl2N2O6S2/c24-11-3-1-2-10(6-11)9-33-14-5-4-12(25)7-13(14)16-17-19(34-20-18(16)35-23(32)26-20)22(31)27(21(17)30)8-15(28)29/h1-7,16-17,19H,8-9H2,(H,26,32)(H,28,29)/t16-,17+,19-/m0/s1. The monoisotopic (exact) mass is 550 g/mol. The topological polar surface area (TPSA) is 117 Å². The molecule has 0 unspecified atom stereocenters. The van der Waals surface area contributed by atoms with Gasteiger partial charge in [-0.05, 0) is 35.9 Å². The van der Waals surface area contributed by atoms with Crippen molar-refractivity contribution in [2.75, 3.05) is 6.54 Å². The number of rotatable bonds is 6. The number of carboxylic acid groups (broad SMARTS) is 1. The van der Waals surface area contributed by atoms with Gasteiger partial charge in [-0.15, -0.1) is 0 Å². The van der Waals surface area contributed by atoms with Crippen LogP contribution in [0.1, 0.15) is 21.9 Å². The molecule has 1 saturated heterocycles. The van der Waals surface area contributed by atoms with Gasteiger partial charge >= 0.3 is 10.8 Å². The third kappa shape index (κ3) is 4.47. The smallest absolute Gasteiger partial charge is 0.323 e. The number of nitrogens with zero attached hydrogens (tertiary/aromatic N) is 1. The number of thioether (sulfide) groups is 1. The molecule has 0 bridgehead atoms. The van der Waals surface area contributed by atoms with Crippen molar-refractivity contribution >= 4 is 64.1 Å². The van der Waals surface area contributed by atoms with Crippen molar-refractivity contribution in [2.45, 2.75) is 22.8 Å². The number of imide groups is 1. The number of nitrogens with one attached hydrogen (secondary N) is 1. The summed E-state index contributed by atoms with van der Waals surface area (Å²) in [5.74, 6) is -3.72. The molecular weight excluding hydrogens is 535 g/mol. The molecule has 2 aromatic carbocycles. The SMILES string of the molecule is O=C(O)CN1C(=O)[C@@H]2[C@H](c3cc(Cl)ccc3OCc3cccc(Cl)c3)c3sc(=O)[nH]c3S[C@@H]2C1=O. The molecule has 3 aromatic rings. The maximum Gasteiger partial charge on any atom is 0.323 e. The highest BCUT2D eigenvalue weighted by molar-refractivity contribution is 8.00. The molecule has 5 rings (SSSR count). The minimum Gasteiger partial charge on any atom is -0.489 e. The zero-order valence-electron chi connectivity index (χ0n) is 17.7. The summed E-state index contributed by atoms with van der Waals surface area (Å²) in [4.78, 5) is 53.7. The molecule has 2 amide bonds. The van der Waals surface area contributed by atoms with E-state index in [0.29, 0.717) is 31.3 Å². The van der Waals surface area contributed by atoms with Crippen LogP contribution in [0, 0.1) is 5.92 Å². The van der Waals surface area contributed by atoms with Crippen LogP contribution < -0.4 is 9.61 Å². The number of ether oxygens (including phenoxy) is 1. The second kappa shape index (κ2) is 9.34. The number of halogens is 2. The number of carboxylic acids is 1. The summed E-state index contributed by atoms with van der Waals surface area (Å²) in [5, 5.41) is 9.76.